The smallest absolute Gasteiger partial charge is 0.409 e. The second-order valence-corrected chi connectivity index (χ2v) is 8.67. The number of fused-ring (bicyclic) bond motifs is 1. The van der Waals surface area contributed by atoms with Crippen LogP contribution >= 0.6 is 11.3 Å². The molecular formula is C21H28N4O3S. The normalized spacial score (nSPS) is 18.9. The molecule has 0 atom stereocenters. The predicted octanol–water partition coefficient (Wildman–Crippen LogP) is 2.86. The average Bonchev–Trinajstić information content (AvgIpc) is 3.09. The summed E-state index contributed by atoms with van der Waals surface area (Å²) in [5.41, 5.74) is 6.84. The Morgan fingerprint density at radius 2 is 1.76 bits per heavy atom. The van der Waals surface area contributed by atoms with Crippen molar-refractivity contribution >= 4 is 38.4 Å². The number of benzene rings is 1. The number of nitrogen functional groups attached to an aromatic ring is 1. The first kappa shape index (κ1) is 20.0. The summed E-state index contributed by atoms with van der Waals surface area (Å²) >= 11 is 1.48. The maximum absolute atomic E-state index is 13.1. The van der Waals surface area contributed by atoms with Gasteiger partial charge in [0.05, 0.1) is 17.2 Å². The van der Waals surface area contributed by atoms with Gasteiger partial charge in [-0.2, -0.15) is 0 Å². The van der Waals surface area contributed by atoms with Gasteiger partial charge in [-0.15, -0.1) is 11.3 Å². The zero-order valence-electron chi connectivity index (χ0n) is 16.8. The number of hydrogen-bond acceptors (Lipinski definition) is 6. The van der Waals surface area contributed by atoms with E-state index in [0.717, 1.165) is 49.1 Å². The summed E-state index contributed by atoms with van der Waals surface area (Å²) in [6.45, 7) is 6.85. The average molecular weight is 417 g/mol. The second-order valence-electron chi connectivity index (χ2n) is 7.58. The van der Waals surface area contributed by atoms with Crippen molar-refractivity contribution in [3.63, 3.8) is 0 Å². The van der Waals surface area contributed by atoms with E-state index in [9.17, 15) is 9.59 Å². The molecule has 2 aromatic rings. The van der Waals surface area contributed by atoms with Gasteiger partial charge in [0.15, 0.2) is 0 Å². The molecule has 0 saturated carbocycles. The Morgan fingerprint density at radius 3 is 2.45 bits per heavy atom. The van der Waals surface area contributed by atoms with Crippen LogP contribution in [0.3, 0.4) is 0 Å². The van der Waals surface area contributed by atoms with Gasteiger partial charge in [0.1, 0.15) is 0 Å². The number of likely N-dealkylation sites (tertiary alicyclic amines) is 1. The molecule has 0 aliphatic carbocycles. The van der Waals surface area contributed by atoms with Gasteiger partial charge < -0.3 is 20.3 Å². The first-order chi connectivity index (χ1) is 14.1. The highest BCUT2D eigenvalue weighted by Gasteiger charge is 2.31. The summed E-state index contributed by atoms with van der Waals surface area (Å²) in [6.07, 6.45) is 1.70. The number of rotatable bonds is 3. The number of piperazine rings is 1. The van der Waals surface area contributed by atoms with Crippen LogP contribution in [0, 0.1) is 0 Å². The summed E-state index contributed by atoms with van der Waals surface area (Å²) in [5, 5.41) is 1.55. The highest BCUT2D eigenvalue weighted by atomic mass is 32.1. The molecule has 156 valence electrons. The first-order valence-corrected chi connectivity index (χ1v) is 11.1. The summed E-state index contributed by atoms with van der Waals surface area (Å²) in [4.78, 5) is 31.2. The van der Waals surface area contributed by atoms with Crippen LogP contribution in [0.25, 0.3) is 10.1 Å². The van der Waals surface area contributed by atoms with Gasteiger partial charge in [0.25, 0.3) is 5.91 Å². The molecule has 3 heterocycles. The minimum Gasteiger partial charge on any atom is -0.450 e. The van der Waals surface area contributed by atoms with Crippen LogP contribution in [0.5, 0.6) is 0 Å². The van der Waals surface area contributed by atoms with Gasteiger partial charge in [-0.05, 0) is 25.8 Å². The van der Waals surface area contributed by atoms with Crippen LogP contribution in [0.4, 0.5) is 9.80 Å². The van der Waals surface area contributed by atoms with Crippen LogP contribution in [0.15, 0.2) is 24.3 Å². The summed E-state index contributed by atoms with van der Waals surface area (Å²) in [5.74, 6) is 0.0386. The zero-order chi connectivity index (χ0) is 20.4. The molecule has 1 aromatic carbocycles. The third kappa shape index (κ3) is 4.04. The molecule has 1 aromatic heterocycles. The van der Waals surface area contributed by atoms with Crippen LogP contribution in [0.1, 0.15) is 30.1 Å². The first-order valence-electron chi connectivity index (χ1n) is 10.3. The molecule has 2 N–H and O–H groups in total. The van der Waals surface area contributed by atoms with Crippen molar-refractivity contribution in [2.75, 3.05) is 51.6 Å². The number of nitrogens with two attached hydrogens (primary N) is 1. The van der Waals surface area contributed by atoms with Gasteiger partial charge in [-0.25, -0.2) is 4.79 Å². The number of ether oxygens (including phenoxy) is 1. The van der Waals surface area contributed by atoms with E-state index in [1.807, 2.05) is 36.1 Å². The Bertz CT molecular complexity index is 883. The van der Waals surface area contributed by atoms with E-state index in [1.165, 1.54) is 11.3 Å². The Morgan fingerprint density at radius 1 is 1.07 bits per heavy atom. The minimum atomic E-state index is -0.207. The summed E-state index contributed by atoms with van der Waals surface area (Å²) in [7, 11) is 0. The summed E-state index contributed by atoms with van der Waals surface area (Å²) < 4.78 is 6.15. The fourth-order valence-corrected chi connectivity index (χ4v) is 5.32. The Kier molecular flexibility index (Phi) is 5.91. The van der Waals surface area contributed by atoms with Crippen LogP contribution in [-0.4, -0.2) is 78.6 Å². The molecular weight excluding hydrogens is 388 g/mol. The van der Waals surface area contributed by atoms with E-state index in [4.69, 9.17) is 10.5 Å². The standard InChI is InChI=1S/C21H28N4O3S/c1-2-28-21(27)25-9-7-15(8-10-25)23-11-13-24(14-12-23)20(26)18-16-5-3-4-6-17(16)29-19(18)22/h3-6,15H,2,7-14,22H2,1H3. The number of nitrogens with zero attached hydrogens (tertiary/aromatic N) is 3. The van der Waals surface area contributed by atoms with E-state index in [-0.39, 0.29) is 12.0 Å². The van der Waals surface area contributed by atoms with Crippen molar-refractivity contribution in [3.05, 3.63) is 29.8 Å². The number of anilines is 1. The van der Waals surface area contributed by atoms with E-state index >= 15 is 0 Å². The molecule has 0 radical (unpaired) electrons. The van der Waals surface area contributed by atoms with Gasteiger partial charge in [-0.3, -0.25) is 9.69 Å². The molecule has 8 heteroatoms. The van der Waals surface area contributed by atoms with E-state index in [1.54, 1.807) is 4.90 Å². The lowest BCUT2D eigenvalue weighted by molar-refractivity contribution is 0.0419. The maximum atomic E-state index is 13.1. The van der Waals surface area contributed by atoms with Gasteiger partial charge >= 0.3 is 6.09 Å². The largest absolute Gasteiger partial charge is 0.450 e. The van der Waals surface area contributed by atoms with E-state index in [2.05, 4.69) is 4.90 Å². The van der Waals surface area contributed by atoms with Gasteiger partial charge in [-0.1, -0.05) is 18.2 Å². The van der Waals surface area contributed by atoms with Crippen molar-refractivity contribution in [1.29, 1.82) is 0 Å². The molecule has 7 nitrogen and oxygen atoms in total. The molecule has 29 heavy (non-hydrogen) atoms. The quantitative estimate of drug-likeness (QED) is 0.832. The fourth-order valence-electron chi connectivity index (χ4n) is 4.36. The summed E-state index contributed by atoms with van der Waals surface area (Å²) in [6, 6.07) is 8.37. The Hall–Kier alpha value is -2.32. The molecule has 2 aliphatic heterocycles. The zero-order valence-corrected chi connectivity index (χ0v) is 17.6. The predicted molar refractivity (Wildman–Crippen MR) is 115 cm³/mol. The van der Waals surface area contributed by atoms with Gasteiger partial charge in [0, 0.05) is 55.4 Å². The second kappa shape index (κ2) is 8.59. The minimum absolute atomic E-state index is 0.0386. The lowest BCUT2D eigenvalue weighted by Gasteiger charge is -2.42. The SMILES string of the molecule is CCOC(=O)N1CCC(N2CCN(C(=O)c3c(N)sc4ccccc34)CC2)CC1. The molecule has 0 spiro atoms. The lowest BCUT2D eigenvalue weighted by atomic mass is 10.0. The number of piperidine rings is 1. The van der Waals surface area contributed by atoms with E-state index in [0.29, 0.717) is 36.3 Å². The van der Waals surface area contributed by atoms with Crippen LogP contribution in [-0.2, 0) is 4.74 Å². The van der Waals surface area contributed by atoms with Crippen LogP contribution in [0.2, 0.25) is 0 Å². The molecule has 2 amide bonds. The number of hydrogen-bond donors (Lipinski definition) is 1. The van der Waals surface area contributed by atoms with Crippen molar-refractivity contribution < 1.29 is 14.3 Å². The topological polar surface area (TPSA) is 79.1 Å². The lowest BCUT2D eigenvalue weighted by Crippen LogP contribution is -2.54. The van der Waals surface area contributed by atoms with Crippen molar-refractivity contribution in [2.45, 2.75) is 25.8 Å². The number of thiophene rings is 1. The highest BCUT2D eigenvalue weighted by molar-refractivity contribution is 7.23. The molecule has 2 saturated heterocycles. The number of amides is 2. The Labute approximate surface area is 175 Å². The van der Waals surface area contributed by atoms with Crippen molar-refractivity contribution in [3.8, 4) is 0 Å². The molecule has 0 unspecified atom stereocenters. The molecule has 4 rings (SSSR count). The van der Waals surface area contributed by atoms with Crippen molar-refractivity contribution in [1.82, 2.24) is 14.7 Å². The molecule has 0 bridgehead atoms. The van der Waals surface area contributed by atoms with E-state index < -0.39 is 0 Å². The highest BCUT2D eigenvalue weighted by Crippen LogP contribution is 2.34. The third-order valence-corrected chi connectivity index (χ3v) is 6.94. The fraction of sp³-hybridized carbons (Fsp3) is 0.524. The van der Waals surface area contributed by atoms with Gasteiger partial charge in [0.2, 0.25) is 0 Å². The van der Waals surface area contributed by atoms with Crippen molar-refractivity contribution in [2.24, 2.45) is 0 Å². The number of carbonyl (C=O) groups excluding carboxylic acids is 2. The van der Waals surface area contributed by atoms with Crippen LogP contribution < -0.4 is 5.73 Å². The molecule has 2 aliphatic rings. The number of carbonyl (C=O) groups is 2. The Balaban J connectivity index is 1.33. The third-order valence-electron chi connectivity index (χ3n) is 5.94. The maximum Gasteiger partial charge on any atom is 0.409 e. The molecule has 2 fully saturated rings. The monoisotopic (exact) mass is 416 g/mol.